The highest BCUT2D eigenvalue weighted by molar-refractivity contribution is 5.94. The van der Waals surface area contributed by atoms with E-state index in [-0.39, 0.29) is 11.9 Å². The van der Waals surface area contributed by atoms with Crippen molar-refractivity contribution in [1.82, 2.24) is 10.3 Å². The Morgan fingerprint density at radius 3 is 2.71 bits per heavy atom. The van der Waals surface area contributed by atoms with Crippen LogP contribution in [0.4, 0.5) is 16.2 Å². The van der Waals surface area contributed by atoms with Gasteiger partial charge in [0.05, 0.1) is 0 Å². The van der Waals surface area contributed by atoms with Gasteiger partial charge in [0.1, 0.15) is 0 Å². The van der Waals surface area contributed by atoms with Gasteiger partial charge in [0.15, 0.2) is 0 Å². The molecule has 2 rings (SSSR count). The number of aryl methyl sites for hydroxylation is 1. The number of hydrogen-bond donors (Lipinski definition) is 3. The number of amides is 3. The molecule has 24 heavy (non-hydrogen) atoms. The molecule has 0 atom stereocenters. The van der Waals surface area contributed by atoms with Crippen LogP contribution in [-0.4, -0.2) is 23.5 Å². The third-order valence-corrected chi connectivity index (χ3v) is 3.51. The maximum atomic E-state index is 12.0. The minimum atomic E-state index is -0.277. The zero-order valence-corrected chi connectivity index (χ0v) is 13.9. The average Bonchev–Trinajstić information content (AvgIpc) is 2.58. The molecule has 3 amide bonds. The number of benzene rings is 1. The molecule has 3 N–H and O–H groups in total. The molecule has 0 aliphatic rings. The topological polar surface area (TPSA) is 83.1 Å². The van der Waals surface area contributed by atoms with Crippen molar-refractivity contribution in [2.75, 3.05) is 17.2 Å². The summed E-state index contributed by atoms with van der Waals surface area (Å²) in [6.07, 6.45) is 4.62. The van der Waals surface area contributed by atoms with Crippen LogP contribution in [0.3, 0.4) is 0 Å². The predicted molar refractivity (Wildman–Crippen MR) is 95.1 cm³/mol. The van der Waals surface area contributed by atoms with Crippen molar-refractivity contribution in [3.63, 3.8) is 0 Å². The van der Waals surface area contributed by atoms with Gasteiger partial charge >= 0.3 is 6.03 Å². The fourth-order valence-corrected chi connectivity index (χ4v) is 2.12. The molecule has 0 fully saturated rings. The Balaban J connectivity index is 1.88. The number of nitrogens with zero attached hydrogens (tertiary/aromatic N) is 1. The standard InChI is InChI=1S/C18H22N4O2/c1-3-17(23)21-15-7-6-13(2)16(11-15)22-18(24)20-10-8-14-5-4-9-19-12-14/h4-7,9,11-12H,3,8,10H2,1-2H3,(H,21,23)(H2,20,22,24). The number of carbonyl (C=O) groups is 2. The smallest absolute Gasteiger partial charge is 0.319 e. The summed E-state index contributed by atoms with van der Waals surface area (Å²) in [6.45, 7) is 4.21. The van der Waals surface area contributed by atoms with Gasteiger partial charge in [0.25, 0.3) is 0 Å². The highest BCUT2D eigenvalue weighted by Crippen LogP contribution is 2.20. The lowest BCUT2D eigenvalue weighted by Crippen LogP contribution is -2.30. The van der Waals surface area contributed by atoms with E-state index >= 15 is 0 Å². The first-order valence-electron chi connectivity index (χ1n) is 7.92. The van der Waals surface area contributed by atoms with Gasteiger partial charge in [0, 0.05) is 36.7 Å². The van der Waals surface area contributed by atoms with Crippen LogP contribution in [0, 0.1) is 6.92 Å². The van der Waals surface area contributed by atoms with Gasteiger partial charge in [-0.25, -0.2) is 4.79 Å². The minimum absolute atomic E-state index is 0.0641. The number of pyridine rings is 1. The Morgan fingerprint density at radius 2 is 2.00 bits per heavy atom. The van der Waals surface area contributed by atoms with Crippen LogP contribution in [0.15, 0.2) is 42.7 Å². The second-order valence-corrected chi connectivity index (χ2v) is 5.42. The zero-order chi connectivity index (χ0) is 17.4. The number of carbonyl (C=O) groups excluding carboxylic acids is 2. The largest absolute Gasteiger partial charge is 0.338 e. The molecule has 0 unspecified atom stereocenters. The molecular weight excluding hydrogens is 304 g/mol. The number of hydrogen-bond acceptors (Lipinski definition) is 3. The van der Waals surface area contributed by atoms with E-state index in [4.69, 9.17) is 0 Å². The molecule has 1 aromatic heterocycles. The minimum Gasteiger partial charge on any atom is -0.338 e. The van der Waals surface area contributed by atoms with Gasteiger partial charge in [-0.15, -0.1) is 0 Å². The molecule has 1 aromatic carbocycles. The second-order valence-electron chi connectivity index (χ2n) is 5.42. The highest BCUT2D eigenvalue weighted by atomic mass is 16.2. The third-order valence-electron chi connectivity index (χ3n) is 3.51. The maximum absolute atomic E-state index is 12.0. The molecule has 1 heterocycles. The number of anilines is 2. The summed E-state index contributed by atoms with van der Waals surface area (Å²) in [7, 11) is 0. The van der Waals surface area contributed by atoms with E-state index in [0.29, 0.717) is 30.8 Å². The number of nitrogens with one attached hydrogen (secondary N) is 3. The van der Waals surface area contributed by atoms with Crippen LogP contribution in [0.1, 0.15) is 24.5 Å². The number of aromatic nitrogens is 1. The Kier molecular flexibility index (Phi) is 6.31. The lowest BCUT2D eigenvalue weighted by molar-refractivity contribution is -0.115. The Morgan fingerprint density at radius 1 is 1.17 bits per heavy atom. The fraction of sp³-hybridized carbons (Fsp3) is 0.278. The third kappa shape index (κ3) is 5.39. The molecule has 0 radical (unpaired) electrons. The summed E-state index contributed by atoms with van der Waals surface area (Å²) in [5, 5.41) is 8.40. The van der Waals surface area contributed by atoms with Gasteiger partial charge in [-0.3, -0.25) is 9.78 Å². The fourth-order valence-electron chi connectivity index (χ4n) is 2.12. The lowest BCUT2D eigenvalue weighted by Gasteiger charge is -2.12. The maximum Gasteiger partial charge on any atom is 0.319 e. The van der Waals surface area contributed by atoms with Crippen LogP contribution in [0.2, 0.25) is 0 Å². The normalized spacial score (nSPS) is 10.1. The van der Waals surface area contributed by atoms with E-state index < -0.39 is 0 Å². The van der Waals surface area contributed by atoms with E-state index in [2.05, 4.69) is 20.9 Å². The molecule has 0 saturated carbocycles. The Hall–Kier alpha value is -2.89. The zero-order valence-electron chi connectivity index (χ0n) is 13.9. The SMILES string of the molecule is CCC(=O)Nc1ccc(C)c(NC(=O)NCCc2cccnc2)c1. The number of urea groups is 1. The van der Waals surface area contributed by atoms with Crippen molar-refractivity contribution in [2.24, 2.45) is 0 Å². The highest BCUT2D eigenvalue weighted by Gasteiger charge is 2.07. The van der Waals surface area contributed by atoms with Crippen molar-refractivity contribution < 1.29 is 9.59 Å². The van der Waals surface area contributed by atoms with Crippen LogP contribution in [-0.2, 0) is 11.2 Å². The Labute approximate surface area is 141 Å². The summed E-state index contributed by atoms with van der Waals surface area (Å²) >= 11 is 0. The van der Waals surface area contributed by atoms with E-state index in [1.807, 2.05) is 31.2 Å². The molecule has 126 valence electrons. The van der Waals surface area contributed by atoms with Crippen LogP contribution < -0.4 is 16.0 Å². The van der Waals surface area contributed by atoms with E-state index in [0.717, 1.165) is 11.1 Å². The predicted octanol–water partition coefficient (Wildman–Crippen LogP) is 3.10. The molecular formula is C18H22N4O2. The quantitative estimate of drug-likeness (QED) is 0.763. The van der Waals surface area contributed by atoms with Crippen molar-refractivity contribution in [1.29, 1.82) is 0 Å². The van der Waals surface area contributed by atoms with Gasteiger partial charge in [0.2, 0.25) is 5.91 Å². The van der Waals surface area contributed by atoms with Crippen molar-refractivity contribution in [3.8, 4) is 0 Å². The monoisotopic (exact) mass is 326 g/mol. The van der Waals surface area contributed by atoms with Crippen molar-refractivity contribution >= 4 is 23.3 Å². The average molecular weight is 326 g/mol. The van der Waals surface area contributed by atoms with E-state index in [9.17, 15) is 9.59 Å². The molecule has 0 aliphatic heterocycles. The second kappa shape index (κ2) is 8.67. The Bertz CT molecular complexity index is 701. The first-order valence-corrected chi connectivity index (χ1v) is 7.92. The van der Waals surface area contributed by atoms with Crippen molar-refractivity contribution in [2.45, 2.75) is 26.7 Å². The summed E-state index contributed by atoms with van der Waals surface area (Å²) in [5.41, 5.74) is 3.33. The molecule has 0 bridgehead atoms. The van der Waals surface area contributed by atoms with Crippen LogP contribution >= 0.6 is 0 Å². The van der Waals surface area contributed by atoms with E-state index in [1.165, 1.54) is 0 Å². The van der Waals surface area contributed by atoms with E-state index in [1.54, 1.807) is 25.4 Å². The van der Waals surface area contributed by atoms with Gasteiger partial charge in [-0.2, -0.15) is 0 Å². The van der Waals surface area contributed by atoms with Crippen LogP contribution in [0.5, 0.6) is 0 Å². The summed E-state index contributed by atoms with van der Waals surface area (Å²) in [6, 6.07) is 8.99. The first-order chi connectivity index (χ1) is 11.6. The molecule has 0 saturated heterocycles. The van der Waals surface area contributed by atoms with Gasteiger partial charge in [-0.1, -0.05) is 19.1 Å². The molecule has 0 spiro atoms. The summed E-state index contributed by atoms with van der Waals surface area (Å²) in [4.78, 5) is 27.5. The van der Waals surface area contributed by atoms with Gasteiger partial charge in [-0.05, 0) is 42.7 Å². The molecule has 2 aromatic rings. The molecule has 6 heteroatoms. The number of rotatable bonds is 6. The van der Waals surface area contributed by atoms with Crippen molar-refractivity contribution in [3.05, 3.63) is 53.9 Å². The summed E-state index contributed by atoms with van der Waals surface area (Å²) in [5.74, 6) is -0.0641. The molecule has 0 aliphatic carbocycles. The van der Waals surface area contributed by atoms with Gasteiger partial charge < -0.3 is 16.0 Å². The lowest BCUT2D eigenvalue weighted by atomic mass is 10.1. The first kappa shape index (κ1) is 17.5. The van der Waals surface area contributed by atoms with Crippen LogP contribution in [0.25, 0.3) is 0 Å². The molecule has 6 nitrogen and oxygen atoms in total. The summed E-state index contributed by atoms with van der Waals surface area (Å²) < 4.78 is 0.